The lowest BCUT2D eigenvalue weighted by Gasteiger charge is -1.91. The fourth-order valence-electron chi connectivity index (χ4n) is 0.167. The van der Waals surface area contributed by atoms with Crippen molar-refractivity contribution in [3.8, 4) is 0 Å². The minimum Gasteiger partial charge on any atom is -0.380 e. The fraction of sp³-hybridized carbons (Fsp3) is 1.00. The molecule has 0 aliphatic carbocycles. The molecule has 0 saturated heterocycles. The van der Waals surface area contributed by atoms with Crippen molar-refractivity contribution in [3.05, 3.63) is 0 Å². The summed E-state index contributed by atoms with van der Waals surface area (Å²) in [6, 6.07) is 0. The molecule has 0 aromatic carbocycles. The number of ether oxygens (including phenoxy) is 1. The molecule has 0 aliphatic heterocycles. The molecule has 3 heteroatoms. The van der Waals surface area contributed by atoms with E-state index in [1.807, 2.05) is 14.1 Å². The van der Waals surface area contributed by atoms with Gasteiger partial charge in [0.05, 0.1) is 5.94 Å². The van der Waals surface area contributed by atoms with Crippen molar-refractivity contribution in [1.82, 2.24) is 0 Å². The predicted molar refractivity (Wildman–Crippen MR) is 32.9 cm³/mol. The summed E-state index contributed by atoms with van der Waals surface area (Å²) >= 11 is 1.70. The van der Waals surface area contributed by atoms with E-state index in [0.717, 1.165) is 12.4 Å². The highest BCUT2D eigenvalue weighted by Gasteiger charge is 1.72. The zero-order chi connectivity index (χ0) is 4.83. The van der Waals surface area contributed by atoms with Crippen LogP contribution in [0.2, 0.25) is 0 Å². The topological polar surface area (TPSA) is 9.23 Å². The van der Waals surface area contributed by atoms with Crippen LogP contribution in [0.3, 0.4) is 0 Å². The Morgan fingerprint density at radius 1 is 1.83 bits per heavy atom. The Balaban J connectivity index is 2.34. The SMILES string of the molecule is BCOCSC. The van der Waals surface area contributed by atoms with E-state index in [1.54, 1.807) is 11.8 Å². The zero-order valence-electron chi connectivity index (χ0n) is 4.23. The van der Waals surface area contributed by atoms with E-state index in [4.69, 9.17) is 4.74 Å². The first-order chi connectivity index (χ1) is 2.91. The number of thioether (sulfide) groups is 1. The van der Waals surface area contributed by atoms with Gasteiger partial charge in [-0.1, -0.05) is 0 Å². The normalized spacial score (nSPS) is 8.83. The molecule has 0 rings (SSSR count). The molecule has 0 aromatic rings. The van der Waals surface area contributed by atoms with E-state index in [9.17, 15) is 0 Å². The molecule has 0 amide bonds. The van der Waals surface area contributed by atoms with Crippen LogP contribution >= 0.6 is 11.8 Å². The standard InChI is InChI=1S/C3H9BOS/c1-6-3-5-2-4/h2-4H2,1H3. The summed E-state index contributed by atoms with van der Waals surface area (Å²) in [6.45, 7) is 0.834. The molecule has 0 unspecified atom stereocenters. The quantitative estimate of drug-likeness (QED) is 0.281. The minimum absolute atomic E-state index is 0.830. The summed E-state index contributed by atoms with van der Waals surface area (Å²) in [6.07, 6.45) is 2.02. The highest BCUT2D eigenvalue weighted by molar-refractivity contribution is 7.98. The number of rotatable bonds is 3. The molecule has 0 spiro atoms. The average Bonchev–Trinajstić information content (AvgIpc) is 1.61. The van der Waals surface area contributed by atoms with E-state index >= 15 is 0 Å². The second-order valence-electron chi connectivity index (χ2n) is 0.899. The first-order valence-corrected chi connectivity index (χ1v) is 3.38. The highest BCUT2D eigenvalue weighted by Crippen LogP contribution is 1.88. The second-order valence-corrected chi connectivity index (χ2v) is 1.71. The molecule has 6 heavy (non-hydrogen) atoms. The van der Waals surface area contributed by atoms with Gasteiger partial charge in [-0.05, 0) is 6.26 Å². The van der Waals surface area contributed by atoms with Gasteiger partial charge in [-0.3, -0.25) is 0 Å². The van der Waals surface area contributed by atoms with Crippen LogP contribution in [0.4, 0.5) is 0 Å². The summed E-state index contributed by atoms with van der Waals surface area (Å²) in [7, 11) is 2.00. The minimum atomic E-state index is 0.830. The van der Waals surface area contributed by atoms with Crippen LogP contribution in [0.15, 0.2) is 0 Å². The van der Waals surface area contributed by atoms with Crippen molar-refractivity contribution < 1.29 is 4.74 Å². The van der Waals surface area contributed by atoms with Crippen LogP contribution < -0.4 is 0 Å². The van der Waals surface area contributed by atoms with E-state index in [0.29, 0.717) is 0 Å². The lowest BCUT2D eigenvalue weighted by molar-refractivity contribution is 0.236. The van der Waals surface area contributed by atoms with Crippen molar-refractivity contribution in [2.75, 3.05) is 18.7 Å². The molecular formula is C3H9BOS. The Kier molecular flexibility index (Phi) is 5.71. The third-order valence-electron chi connectivity index (χ3n) is 0.405. The van der Waals surface area contributed by atoms with E-state index in [-0.39, 0.29) is 0 Å². The van der Waals surface area contributed by atoms with Gasteiger partial charge in [0, 0.05) is 6.51 Å². The lowest BCUT2D eigenvalue weighted by atomic mass is 10.2. The molecule has 0 N–H and O–H groups in total. The van der Waals surface area contributed by atoms with E-state index in [1.165, 1.54) is 0 Å². The maximum Gasteiger partial charge on any atom is 0.135 e. The van der Waals surface area contributed by atoms with Crippen molar-refractivity contribution in [2.24, 2.45) is 0 Å². The lowest BCUT2D eigenvalue weighted by Crippen LogP contribution is -1.89. The molecule has 0 radical (unpaired) electrons. The molecule has 0 heterocycles. The molecular weight excluding hydrogens is 94.9 g/mol. The smallest absolute Gasteiger partial charge is 0.135 e. The van der Waals surface area contributed by atoms with Gasteiger partial charge in [-0.15, -0.1) is 11.8 Å². The average molecular weight is 104 g/mol. The maximum absolute atomic E-state index is 4.95. The molecule has 0 saturated carbocycles. The largest absolute Gasteiger partial charge is 0.380 e. The number of hydrogen-bond donors (Lipinski definition) is 0. The van der Waals surface area contributed by atoms with Crippen LogP contribution in [0.25, 0.3) is 0 Å². The third kappa shape index (κ3) is 4.37. The van der Waals surface area contributed by atoms with Crippen LogP contribution in [-0.2, 0) is 4.74 Å². The van der Waals surface area contributed by atoms with Gasteiger partial charge in [0.15, 0.2) is 0 Å². The summed E-state index contributed by atoms with van der Waals surface area (Å²) in [5.74, 6) is 0.830. The van der Waals surface area contributed by atoms with Crippen LogP contribution in [-0.4, -0.2) is 26.5 Å². The third-order valence-corrected chi connectivity index (χ3v) is 0.808. The van der Waals surface area contributed by atoms with Gasteiger partial charge >= 0.3 is 0 Å². The monoisotopic (exact) mass is 104 g/mol. The Bertz CT molecular complexity index is 22.8. The second kappa shape index (κ2) is 5.37. The molecule has 0 aliphatic rings. The molecule has 0 aromatic heterocycles. The first kappa shape index (κ1) is 6.37. The number of hydrogen-bond acceptors (Lipinski definition) is 2. The van der Waals surface area contributed by atoms with Crippen molar-refractivity contribution in [3.63, 3.8) is 0 Å². The Morgan fingerprint density at radius 3 is 2.67 bits per heavy atom. The fourth-order valence-corrected chi connectivity index (χ4v) is 0.500. The maximum atomic E-state index is 4.95. The molecule has 0 fully saturated rings. The Labute approximate surface area is 43.9 Å². The highest BCUT2D eigenvalue weighted by atomic mass is 32.2. The first-order valence-electron chi connectivity index (χ1n) is 1.98. The molecule has 1 nitrogen and oxygen atoms in total. The van der Waals surface area contributed by atoms with Gasteiger partial charge in [0.25, 0.3) is 0 Å². The van der Waals surface area contributed by atoms with Crippen LogP contribution in [0.5, 0.6) is 0 Å². The van der Waals surface area contributed by atoms with Gasteiger partial charge in [-0.2, -0.15) is 0 Å². The van der Waals surface area contributed by atoms with Crippen molar-refractivity contribution >= 4 is 19.6 Å². The van der Waals surface area contributed by atoms with Crippen LogP contribution in [0, 0.1) is 0 Å². The molecule has 36 valence electrons. The van der Waals surface area contributed by atoms with Gasteiger partial charge < -0.3 is 4.74 Å². The van der Waals surface area contributed by atoms with Gasteiger partial charge in [0.2, 0.25) is 0 Å². The summed E-state index contributed by atoms with van der Waals surface area (Å²) in [5.41, 5.74) is 0. The summed E-state index contributed by atoms with van der Waals surface area (Å²) in [5, 5.41) is 0. The predicted octanol–water partition coefficient (Wildman–Crippen LogP) is -0.0859. The van der Waals surface area contributed by atoms with Crippen molar-refractivity contribution in [2.45, 2.75) is 0 Å². The van der Waals surface area contributed by atoms with Gasteiger partial charge in [-0.25, -0.2) is 0 Å². The van der Waals surface area contributed by atoms with E-state index in [2.05, 4.69) is 0 Å². The zero-order valence-corrected chi connectivity index (χ0v) is 5.05. The summed E-state index contributed by atoms with van der Waals surface area (Å²) < 4.78 is 4.95. The molecule has 0 atom stereocenters. The van der Waals surface area contributed by atoms with Crippen molar-refractivity contribution in [1.29, 1.82) is 0 Å². The van der Waals surface area contributed by atoms with E-state index < -0.39 is 0 Å². The molecule has 0 bridgehead atoms. The van der Waals surface area contributed by atoms with Gasteiger partial charge in [0.1, 0.15) is 7.85 Å². The Hall–Kier alpha value is 0.375. The summed E-state index contributed by atoms with van der Waals surface area (Å²) in [4.78, 5) is 0. The Morgan fingerprint density at radius 2 is 2.50 bits per heavy atom. The van der Waals surface area contributed by atoms with Crippen LogP contribution in [0.1, 0.15) is 0 Å².